The van der Waals surface area contributed by atoms with Crippen molar-refractivity contribution in [3.63, 3.8) is 0 Å². The number of nitrogens with zero attached hydrogens (tertiary/aromatic N) is 1. The lowest BCUT2D eigenvalue weighted by Crippen LogP contribution is -2.37. The maximum absolute atomic E-state index is 12.8. The number of aryl methyl sites for hydroxylation is 1. The Bertz CT molecular complexity index is 1430. The Morgan fingerprint density at radius 2 is 1.60 bits per heavy atom. The van der Waals surface area contributed by atoms with Gasteiger partial charge in [0.25, 0.3) is 10.0 Å². The first-order chi connectivity index (χ1) is 16.4. The molecule has 0 saturated carbocycles. The van der Waals surface area contributed by atoms with E-state index in [1.807, 2.05) is 6.92 Å². The number of hydrogen-bond acceptors (Lipinski definition) is 6. The van der Waals surface area contributed by atoms with Gasteiger partial charge in [0.15, 0.2) is 0 Å². The van der Waals surface area contributed by atoms with E-state index in [9.17, 15) is 21.6 Å². The largest absolute Gasteiger partial charge is 0.495 e. The third-order valence-electron chi connectivity index (χ3n) is 4.85. The van der Waals surface area contributed by atoms with E-state index < -0.39 is 32.5 Å². The van der Waals surface area contributed by atoms with E-state index in [2.05, 4.69) is 10.0 Å². The van der Waals surface area contributed by atoms with Crippen molar-refractivity contribution in [1.82, 2.24) is 0 Å². The topological polar surface area (TPSA) is 122 Å². The Morgan fingerprint density at radius 3 is 2.17 bits per heavy atom. The van der Waals surface area contributed by atoms with Crippen LogP contribution in [0.5, 0.6) is 5.75 Å². The maximum atomic E-state index is 12.8. The van der Waals surface area contributed by atoms with Crippen molar-refractivity contribution in [1.29, 1.82) is 0 Å². The molecular formula is C23H24ClN3O6S2. The summed E-state index contributed by atoms with van der Waals surface area (Å²) in [6.07, 6.45) is 0.991. The van der Waals surface area contributed by atoms with Crippen LogP contribution in [0.25, 0.3) is 0 Å². The minimum Gasteiger partial charge on any atom is -0.495 e. The van der Waals surface area contributed by atoms with Crippen molar-refractivity contribution in [2.24, 2.45) is 0 Å². The second-order valence-corrected chi connectivity index (χ2v) is 11.7. The lowest BCUT2D eigenvalue weighted by atomic mass is 10.2. The van der Waals surface area contributed by atoms with Crippen molar-refractivity contribution in [2.45, 2.75) is 11.8 Å². The average Bonchev–Trinajstić information content (AvgIpc) is 2.78. The molecule has 0 bridgehead atoms. The summed E-state index contributed by atoms with van der Waals surface area (Å²) in [5.74, 6) is -0.234. The molecule has 0 aliphatic carbocycles. The van der Waals surface area contributed by atoms with Crippen LogP contribution in [0.2, 0.25) is 5.02 Å². The SMILES string of the molecule is COc1ccc(C)cc1NS(=O)(=O)c1ccc(NC(=O)CN(c2ccc(Cl)cc2)S(C)(=O)=O)cc1. The van der Waals surface area contributed by atoms with Crippen molar-refractivity contribution < 1.29 is 26.4 Å². The third-order valence-corrected chi connectivity index (χ3v) is 7.62. The zero-order valence-corrected chi connectivity index (χ0v) is 21.5. The second-order valence-electron chi connectivity index (χ2n) is 7.63. The predicted octanol–water partition coefficient (Wildman–Crippen LogP) is 3.86. The molecule has 9 nitrogen and oxygen atoms in total. The molecule has 186 valence electrons. The summed E-state index contributed by atoms with van der Waals surface area (Å²) in [4.78, 5) is 12.5. The Balaban J connectivity index is 1.73. The molecule has 0 fully saturated rings. The Morgan fingerprint density at radius 1 is 0.971 bits per heavy atom. The molecule has 2 N–H and O–H groups in total. The molecule has 0 aliphatic heterocycles. The van der Waals surface area contributed by atoms with Crippen LogP contribution in [-0.4, -0.2) is 42.7 Å². The molecule has 0 unspecified atom stereocenters. The van der Waals surface area contributed by atoms with Crippen molar-refractivity contribution >= 4 is 54.6 Å². The number of methoxy groups -OCH3 is 1. The quantitative estimate of drug-likeness (QED) is 0.427. The van der Waals surface area contributed by atoms with E-state index in [1.54, 1.807) is 18.2 Å². The fraction of sp³-hybridized carbons (Fsp3) is 0.174. The molecule has 1 amide bonds. The molecule has 0 heterocycles. The number of nitrogens with one attached hydrogen (secondary N) is 2. The van der Waals surface area contributed by atoms with Crippen LogP contribution in [0.3, 0.4) is 0 Å². The van der Waals surface area contributed by atoms with Gasteiger partial charge in [-0.15, -0.1) is 0 Å². The van der Waals surface area contributed by atoms with Gasteiger partial charge < -0.3 is 10.1 Å². The van der Waals surface area contributed by atoms with E-state index in [0.717, 1.165) is 16.1 Å². The van der Waals surface area contributed by atoms with E-state index >= 15 is 0 Å². The summed E-state index contributed by atoms with van der Waals surface area (Å²) >= 11 is 5.85. The lowest BCUT2D eigenvalue weighted by Gasteiger charge is -2.22. The standard InChI is InChI=1S/C23H24ClN3O6S2/c1-16-4-13-22(33-2)21(14-16)26-35(31,32)20-11-7-18(8-12-20)25-23(28)15-27(34(3,29)30)19-9-5-17(24)6-10-19/h4-14,26H,15H2,1-3H3,(H,25,28). The number of benzene rings is 3. The van der Waals surface area contributed by atoms with E-state index in [-0.39, 0.29) is 10.6 Å². The van der Waals surface area contributed by atoms with Gasteiger partial charge in [-0.05, 0) is 73.2 Å². The molecule has 0 radical (unpaired) electrons. The highest BCUT2D eigenvalue weighted by atomic mass is 35.5. The van der Waals surface area contributed by atoms with Gasteiger partial charge in [-0.2, -0.15) is 0 Å². The highest BCUT2D eigenvalue weighted by Crippen LogP contribution is 2.28. The summed E-state index contributed by atoms with van der Waals surface area (Å²) < 4.78 is 58.7. The van der Waals surface area contributed by atoms with Crippen molar-refractivity contribution in [3.05, 3.63) is 77.3 Å². The first kappa shape index (κ1) is 26.3. The van der Waals surface area contributed by atoms with Crippen LogP contribution in [0.15, 0.2) is 71.6 Å². The highest BCUT2D eigenvalue weighted by Gasteiger charge is 2.21. The van der Waals surface area contributed by atoms with Gasteiger partial charge in [-0.1, -0.05) is 17.7 Å². The minimum atomic E-state index is -3.93. The number of amides is 1. The lowest BCUT2D eigenvalue weighted by molar-refractivity contribution is -0.114. The molecule has 0 aromatic heterocycles. The van der Waals surface area contributed by atoms with Gasteiger partial charge in [-0.25, -0.2) is 16.8 Å². The van der Waals surface area contributed by atoms with E-state index in [4.69, 9.17) is 16.3 Å². The number of carbonyl (C=O) groups excluding carboxylic acids is 1. The number of hydrogen-bond donors (Lipinski definition) is 2. The van der Waals surface area contributed by atoms with Crippen LogP contribution in [0.4, 0.5) is 17.1 Å². The zero-order valence-electron chi connectivity index (χ0n) is 19.1. The van der Waals surface area contributed by atoms with Gasteiger partial charge in [0.1, 0.15) is 12.3 Å². The van der Waals surface area contributed by atoms with Gasteiger partial charge in [-0.3, -0.25) is 13.8 Å². The normalized spacial score (nSPS) is 11.5. The summed E-state index contributed by atoms with van der Waals surface area (Å²) in [6, 6.07) is 16.6. The van der Waals surface area contributed by atoms with Crippen LogP contribution < -0.4 is 19.1 Å². The smallest absolute Gasteiger partial charge is 0.262 e. The van der Waals surface area contributed by atoms with E-state index in [1.165, 1.54) is 55.6 Å². The average molecular weight is 538 g/mol. The molecule has 35 heavy (non-hydrogen) atoms. The van der Waals surface area contributed by atoms with Gasteiger partial charge in [0.05, 0.1) is 29.6 Å². The van der Waals surface area contributed by atoms with Gasteiger partial charge in [0.2, 0.25) is 15.9 Å². The second kappa shape index (κ2) is 10.5. The monoisotopic (exact) mass is 537 g/mol. The van der Waals surface area contributed by atoms with Crippen LogP contribution in [0, 0.1) is 6.92 Å². The highest BCUT2D eigenvalue weighted by molar-refractivity contribution is 7.92. The summed E-state index contributed by atoms with van der Waals surface area (Å²) in [5, 5.41) is 3.00. The number of anilines is 3. The zero-order chi connectivity index (χ0) is 25.8. The number of carbonyl (C=O) groups is 1. The van der Waals surface area contributed by atoms with Crippen molar-refractivity contribution in [2.75, 3.05) is 34.3 Å². The molecule has 0 saturated heterocycles. The Hall–Kier alpha value is -3.28. The molecule has 0 spiro atoms. The fourth-order valence-corrected chi connectivity index (χ4v) is 5.20. The molecule has 3 aromatic carbocycles. The van der Waals surface area contributed by atoms with Crippen molar-refractivity contribution in [3.8, 4) is 5.75 Å². The fourth-order valence-electron chi connectivity index (χ4n) is 3.16. The molecule has 3 rings (SSSR count). The number of rotatable bonds is 9. The van der Waals surface area contributed by atoms with Crippen LogP contribution in [0.1, 0.15) is 5.56 Å². The van der Waals surface area contributed by atoms with Gasteiger partial charge >= 0.3 is 0 Å². The number of halogens is 1. The molecular weight excluding hydrogens is 514 g/mol. The molecule has 0 aliphatic rings. The minimum absolute atomic E-state index is 0.0296. The summed E-state index contributed by atoms with van der Waals surface area (Å²) in [6.45, 7) is 1.35. The first-order valence-electron chi connectivity index (χ1n) is 10.2. The third kappa shape index (κ3) is 6.87. The van der Waals surface area contributed by atoms with E-state index in [0.29, 0.717) is 22.1 Å². The van der Waals surface area contributed by atoms with Crippen LogP contribution >= 0.6 is 11.6 Å². The number of sulfonamides is 2. The van der Waals surface area contributed by atoms with Gasteiger partial charge in [0, 0.05) is 10.7 Å². The Labute approximate surface area is 209 Å². The Kier molecular flexibility index (Phi) is 7.93. The molecule has 3 aromatic rings. The predicted molar refractivity (Wildman–Crippen MR) is 137 cm³/mol. The summed E-state index contributed by atoms with van der Waals surface area (Å²) in [7, 11) is -6.24. The summed E-state index contributed by atoms with van der Waals surface area (Å²) in [5.41, 5.74) is 1.73. The molecule has 0 atom stereocenters. The first-order valence-corrected chi connectivity index (χ1v) is 13.9. The maximum Gasteiger partial charge on any atom is 0.262 e. The van der Waals surface area contributed by atoms with Crippen LogP contribution in [-0.2, 0) is 24.8 Å². The molecule has 12 heteroatoms. The number of ether oxygens (including phenoxy) is 1.